The molecule has 18 heavy (non-hydrogen) atoms. The Morgan fingerprint density at radius 1 is 1.39 bits per heavy atom. The van der Waals surface area contributed by atoms with Crippen molar-refractivity contribution in [3.05, 3.63) is 23.7 Å². The summed E-state index contributed by atoms with van der Waals surface area (Å²) in [6, 6.07) is 2.98. The van der Waals surface area contributed by atoms with Crippen LogP contribution in [-0.4, -0.2) is 45.6 Å². The summed E-state index contributed by atoms with van der Waals surface area (Å²) in [6.45, 7) is 3.04. The van der Waals surface area contributed by atoms with Crippen molar-refractivity contribution in [3.63, 3.8) is 0 Å². The fraction of sp³-hybridized carbons (Fsp3) is 0.583. The molecule has 0 amide bonds. The van der Waals surface area contributed by atoms with Crippen LogP contribution in [0.25, 0.3) is 0 Å². The van der Waals surface area contributed by atoms with Gasteiger partial charge in [0.2, 0.25) is 5.76 Å². The van der Waals surface area contributed by atoms with E-state index in [9.17, 15) is 9.00 Å². The first-order valence-corrected chi connectivity index (χ1v) is 7.53. The Morgan fingerprint density at radius 2 is 2.11 bits per heavy atom. The quantitative estimate of drug-likeness (QED) is 0.845. The van der Waals surface area contributed by atoms with Gasteiger partial charge in [0, 0.05) is 23.1 Å². The number of hydrogen-bond donors (Lipinski definition) is 1. The Bertz CT molecular complexity index is 437. The van der Waals surface area contributed by atoms with E-state index >= 15 is 0 Å². The van der Waals surface area contributed by atoms with Crippen molar-refractivity contribution in [1.29, 1.82) is 0 Å². The highest BCUT2D eigenvalue weighted by molar-refractivity contribution is 7.84. The van der Waals surface area contributed by atoms with Gasteiger partial charge in [0.15, 0.2) is 0 Å². The molecule has 0 bridgehead atoms. The Morgan fingerprint density at radius 3 is 2.72 bits per heavy atom. The van der Waals surface area contributed by atoms with Crippen LogP contribution in [0.5, 0.6) is 0 Å². The van der Waals surface area contributed by atoms with Crippen LogP contribution in [0.15, 0.2) is 16.5 Å². The van der Waals surface area contributed by atoms with Gasteiger partial charge >= 0.3 is 5.97 Å². The average molecular weight is 271 g/mol. The summed E-state index contributed by atoms with van der Waals surface area (Å²) >= 11 is 0. The Hall–Kier alpha value is -1.14. The van der Waals surface area contributed by atoms with Crippen LogP contribution < -0.4 is 0 Å². The number of hydrogen-bond acceptors (Lipinski definition) is 4. The number of furan rings is 1. The van der Waals surface area contributed by atoms with Crippen molar-refractivity contribution in [2.24, 2.45) is 0 Å². The molecule has 2 rings (SSSR count). The molecule has 6 heteroatoms. The zero-order chi connectivity index (χ0) is 13.0. The zero-order valence-electron chi connectivity index (χ0n) is 10.1. The van der Waals surface area contributed by atoms with Crippen LogP contribution in [0.1, 0.15) is 29.2 Å². The lowest BCUT2D eigenvalue weighted by Gasteiger charge is -2.13. The molecule has 0 saturated carbocycles. The molecule has 1 aromatic heterocycles. The Kier molecular flexibility index (Phi) is 4.54. The van der Waals surface area contributed by atoms with E-state index in [-0.39, 0.29) is 5.76 Å². The maximum absolute atomic E-state index is 11.8. The third-order valence-corrected chi connectivity index (χ3v) is 4.25. The molecule has 0 aromatic carbocycles. The molecule has 1 N–H and O–H groups in total. The van der Waals surface area contributed by atoms with Gasteiger partial charge in [-0.25, -0.2) is 4.79 Å². The van der Waals surface area contributed by atoms with Crippen LogP contribution in [0.4, 0.5) is 0 Å². The first-order valence-electron chi connectivity index (χ1n) is 6.04. The lowest BCUT2D eigenvalue weighted by molar-refractivity contribution is 0.0661. The largest absolute Gasteiger partial charge is 0.475 e. The minimum Gasteiger partial charge on any atom is -0.475 e. The third-order valence-electron chi connectivity index (χ3n) is 3.01. The second-order valence-corrected chi connectivity index (χ2v) is 5.98. The molecule has 1 aliphatic heterocycles. The molecule has 0 radical (unpaired) electrons. The highest BCUT2D eigenvalue weighted by atomic mass is 32.2. The van der Waals surface area contributed by atoms with Gasteiger partial charge in [-0.1, -0.05) is 0 Å². The number of aromatic carboxylic acids is 1. The third kappa shape index (κ3) is 3.68. The predicted molar refractivity (Wildman–Crippen MR) is 68.1 cm³/mol. The summed E-state index contributed by atoms with van der Waals surface area (Å²) in [7, 11) is -0.995. The highest BCUT2D eigenvalue weighted by Gasteiger charge is 2.14. The maximum atomic E-state index is 11.8. The lowest BCUT2D eigenvalue weighted by atomic mass is 10.4. The molecule has 1 fully saturated rings. The molecule has 100 valence electrons. The standard InChI is InChI=1S/C12H17NO4S/c14-12(15)11-4-3-10(17-11)9-18(16)8-7-13-5-1-2-6-13/h3-4H,1-2,5-9H2,(H,14,15). The fourth-order valence-electron chi connectivity index (χ4n) is 2.04. The molecule has 1 aliphatic rings. The molecule has 2 heterocycles. The zero-order valence-corrected chi connectivity index (χ0v) is 10.9. The number of carbonyl (C=O) groups is 1. The van der Waals surface area contributed by atoms with Crippen molar-refractivity contribution in [1.82, 2.24) is 4.90 Å². The summed E-state index contributed by atoms with van der Waals surface area (Å²) in [5.74, 6) is 0.197. The Balaban J connectivity index is 1.77. The smallest absolute Gasteiger partial charge is 0.371 e. The summed E-state index contributed by atoms with van der Waals surface area (Å²) in [6.07, 6.45) is 2.46. The van der Waals surface area contributed by atoms with Gasteiger partial charge in [0.25, 0.3) is 0 Å². The molecular weight excluding hydrogens is 254 g/mol. The minimum absolute atomic E-state index is 0.0958. The SMILES string of the molecule is O=C(O)c1ccc(CS(=O)CCN2CCCC2)o1. The van der Waals surface area contributed by atoms with Crippen molar-refractivity contribution in [2.45, 2.75) is 18.6 Å². The van der Waals surface area contributed by atoms with E-state index in [1.54, 1.807) is 6.07 Å². The number of carboxylic acids is 1. The van der Waals surface area contributed by atoms with Crippen molar-refractivity contribution in [2.75, 3.05) is 25.4 Å². The number of nitrogens with zero attached hydrogens (tertiary/aromatic N) is 1. The molecule has 1 saturated heterocycles. The van der Waals surface area contributed by atoms with E-state index in [2.05, 4.69) is 4.90 Å². The van der Waals surface area contributed by atoms with Gasteiger partial charge in [-0.15, -0.1) is 0 Å². The minimum atomic E-state index is -1.09. The fourth-order valence-corrected chi connectivity index (χ4v) is 3.12. The summed E-state index contributed by atoms with van der Waals surface area (Å²) < 4.78 is 16.9. The van der Waals surface area contributed by atoms with E-state index in [0.29, 0.717) is 17.3 Å². The van der Waals surface area contributed by atoms with E-state index < -0.39 is 16.8 Å². The molecular formula is C12H17NO4S. The predicted octanol–water partition coefficient (Wildman–Crippen LogP) is 1.32. The molecule has 5 nitrogen and oxygen atoms in total. The van der Waals surface area contributed by atoms with Gasteiger partial charge in [0.1, 0.15) is 5.76 Å². The molecule has 0 aliphatic carbocycles. The summed E-state index contributed by atoms with van der Waals surface area (Å²) in [5.41, 5.74) is 0. The Labute approximate surface area is 108 Å². The molecule has 1 aromatic rings. The monoisotopic (exact) mass is 271 g/mol. The van der Waals surface area contributed by atoms with E-state index in [0.717, 1.165) is 19.6 Å². The first kappa shape index (κ1) is 13.3. The van der Waals surface area contributed by atoms with Crippen molar-refractivity contribution >= 4 is 16.8 Å². The van der Waals surface area contributed by atoms with Crippen LogP contribution in [0.2, 0.25) is 0 Å². The van der Waals surface area contributed by atoms with Crippen LogP contribution in [0.3, 0.4) is 0 Å². The molecule has 1 atom stereocenters. The van der Waals surface area contributed by atoms with Gasteiger partial charge < -0.3 is 14.4 Å². The van der Waals surface area contributed by atoms with Gasteiger partial charge in [-0.3, -0.25) is 4.21 Å². The second kappa shape index (κ2) is 6.15. The molecule has 1 unspecified atom stereocenters. The second-order valence-electron chi connectivity index (χ2n) is 4.41. The highest BCUT2D eigenvalue weighted by Crippen LogP contribution is 2.11. The number of likely N-dealkylation sites (tertiary alicyclic amines) is 1. The first-order chi connectivity index (χ1) is 8.65. The molecule has 0 spiro atoms. The summed E-state index contributed by atoms with van der Waals surface area (Å²) in [4.78, 5) is 12.9. The van der Waals surface area contributed by atoms with E-state index in [1.165, 1.54) is 18.9 Å². The van der Waals surface area contributed by atoms with Crippen LogP contribution in [-0.2, 0) is 16.6 Å². The topological polar surface area (TPSA) is 70.8 Å². The van der Waals surface area contributed by atoms with Crippen LogP contribution >= 0.6 is 0 Å². The van der Waals surface area contributed by atoms with Gasteiger partial charge in [0.05, 0.1) is 5.75 Å². The van der Waals surface area contributed by atoms with E-state index in [4.69, 9.17) is 9.52 Å². The van der Waals surface area contributed by atoms with Crippen molar-refractivity contribution < 1.29 is 18.5 Å². The summed E-state index contributed by atoms with van der Waals surface area (Å²) in [5, 5.41) is 8.70. The van der Waals surface area contributed by atoms with Crippen molar-refractivity contribution in [3.8, 4) is 0 Å². The maximum Gasteiger partial charge on any atom is 0.371 e. The average Bonchev–Trinajstić information content (AvgIpc) is 2.96. The van der Waals surface area contributed by atoms with E-state index in [1.807, 2.05) is 0 Å². The van der Waals surface area contributed by atoms with Crippen LogP contribution in [0, 0.1) is 0 Å². The number of carboxylic acid groups (broad SMARTS) is 1. The van der Waals surface area contributed by atoms with Gasteiger partial charge in [-0.05, 0) is 38.1 Å². The normalized spacial score (nSPS) is 18.0. The number of rotatable bonds is 6. The lowest BCUT2D eigenvalue weighted by Crippen LogP contribution is -2.24. The van der Waals surface area contributed by atoms with Gasteiger partial charge in [-0.2, -0.15) is 0 Å².